The molecule has 110 valence electrons. The van der Waals surface area contributed by atoms with Gasteiger partial charge in [0.25, 0.3) is 0 Å². The van der Waals surface area contributed by atoms with Crippen molar-refractivity contribution in [1.29, 1.82) is 0 Å². The molecule has 1 N–H and O–H groups in total. The Bertz CT molecular complexity index is 746. The first-order valence-electron chi connectivity index (χ1n) is 7.10. The number of aryl methyl sites for hydroxylation is 1. The number of rotatable bonds is 2. The zero-order chi connectivity index (χ0) is 15.4. The summed E-state index contributed by atoms with van der Waals surface area (Å²) in [5, 5.41) is 1.87. The van der Waals surface area contributed by atoms with E-state index in [1.807, 2.05) is 38.2 Å². The number of benzene rings is 2. The number of hydrogen-bond acceptors (Lipinski definition) is 1. The second-order valence-electron chi connectivity index (χ2n) is 4.58. The van der Waals surface area contributed by atoms with Crippen molar-refractivity contribution in [2.24, 2.45) is 0 Å². The van der Waals surface area contributed by atoms with Crippen LogP contribution in [-0.4, -0.2) is 12.1 Å². The number of aromatic nitrogens is 1. The zero-order valence-electron chi connectivity index (χ0n) is 12.8. The molecule has 0 aliphatic rings. The molecule has 2 nitrogen and oxygen atoms in total. The lowest BCUT2D eigenvalue weighted by molar-refractivity contribution is 0.416. The van der Waals surface area contributed by atoms with Crippen molar-refractivity contribution in [3.05, 3.63) is 53.2 Å². The van der Waals surface area contributed by atoms with Gasteiger partial charge in [-0.25, -0.2) is 0 Å². The van der Waals surface area contributed by atoms with Crippen molar-refractivity contribution >= 4 is 22.5 Å². The van der Waals surface area contributed by atoms with Gasteiger partial charge in [0.1, 0.15) is 5.75 Å². The van der Waals surface area contributed by atoms with E-state index in [0.29, 0.717) is 5.02 Å². The number of fused-ring (bicyclic) bond motifs is 1. The van der Waals surface area contributed by atoms with Gasteiger partial charge in [-0.2, -0.15) is 0 Å². The Labute approximate surface area is 130 Å². The summed E-state index contributed by atoms with van der Waals surface area (Å²) in [6.07, 6.45) is 1.95. The van der Waals surface area contributed by atoms with Gasteiger partial charge in [-0.1, -0.05) is 25.4 Å². The van der Waals surface area contributed by atoms with Crippen LogP contribution < -0.4 is 4.74 Å². The molecular formula is C18H20ClNO. The number of ether oxygens (including phenoxy) is 1. The normalized spacial score (nSPS) is 10.1. The van der Waals surface area contributed by atoms with E-state index >= 15 is 0 Å². The third kappa shape index (κ3) is 3.06. The van der Waals surface area contributed by atoms with Crippen molar-refractivity contribution in [3.8, 4) is 16.9 Å². The van der Waals surface area contributed by atoms with Gasteiger partial charge in [0.05, 0.1) is 7.11 Å². The fourth-order valence-corrected chi connectivity index (χ4v) is 2.55. The maximum atomic E-state index is 6.02. The van der Waals surface area contributed by atoms with Crippen molar-refractivity contribution in [2.45, 2.75) is 20.8 Å². The molecule has 21 heavy (non-hydrogen) atoms. The van der Waals surface area contributed by atoms with Gasteiger partial charge in [-0.3, -0.25) is 0 Å². The second kappa shape index (κ2) is 6.68. The van der Waals surface area contributed by atoms with Crippen molar-refractivity contribution in [2.75, 3.05) is 7.11 Å². The predicted molar refractivity (Wildman–Crippen MR) is 91.4 cm³/mol. The number of nitrogens with one attached hydrogen (secondary N) is 1. The summed E-state index contributed by atoms with van der Waals surface area (Å²) in [7, 11) is 1.67. The Kier molecular flexibility index (Phi) is 4.92. The highest BCUT2D eigenvalue weighted by Gasteiger charge is 2.10. The molecule has 0 aliphatic heterocycles. The molecule has 0 saturated heterocycles. The van der Waals surface area contributed by atoms with Crippen molar-refractivity contribution in [3.63, 3.8) is 0 Å². The maximum absolute atomic E-state index is 6.02. The minimum atomic E-state index is 0.681. The highest BCUT2D eigenvalue weighted by atomic mass is 35.5. The maximum Gasteiger partial charge on any atom is 0.128 e. The van der Waals surface area contributed by atoms with E-state index < -0.39 is 0 Å². The minimum absolute atomic E-state index is 0.681. The van der Waals surface area contributed by atoms with E-state index in [1.165, 1.54) is 16.5 Å². The predicted octanol–water partition coefficient (Wildman–Crippen LogP) is 5.83. The fraction of sp³-hybridized carbons (Fsp3) is 0.222. The molecule has 0 radical (unpaired) electrons. The molecule has 3 heteroatoms. The van der Waals surface area contributed by atoms with Gasteiger partial charge in [-0.05, 0) is 59.8 Å². The Balaban J connectivity index is 0.000000774. The molecule has 2 aromatic carbocycles. The Morgan fingerprint density at radius 3 is 2.48 bits per heavy atom. The van der Waals surface area contributed by atoms with Crippen molar-refractivity contribution < 1.29 is 4.74 Å². The Morgan fingerprint density at radius 2 is 1.76 bits per heavy atom. The first-order chi connectivity index (χ1) is 10.2. The third-order valence-electron chi connectivity index (χ3n) is 3.35. The van der Waals surface area contributed by atoms with Crippen LogP contribution >= 0.6 is 11.6 Å². The molecule has 3 rings (SSSR count). The smallest absolute Gasteiger partial charge is 0.128 e. The van der Waals surface area contributed by atoms with Crippen LogP contribution in [0.1, 0.15) is 19.4 Å². The van der Waals surface area contributed by atoms with E-state index in [-0.39, 0.29) is 0 Å². The average Bonchev–Trinajstić information content (AvgIpc) is 2.95. The summed E-state index contributed by atoms with van der Waals surface area (Å²) >= 11 is 6.02. The topological polar surface area (TPSA) is 25.0 Å². The molecule has 0 atom stereocenters. The summed E-state index contributed by atoms with van der Waals surface area (Å²) in [5.74, 6) is 0.797. The van der Waals surface area contributed by atoms with E-state index in [1.54, 1.807) is 7.11 Å². The molecule has 0 amide bonds. The van der Waals surface area contributed by atoms with Crippen LogP contribution in [-0.2, 0) is 0 Å². The molecule has 0 spiro atoms. The minimum Gasteiger partial charge on any atom is -0.496 e. The molecule has 0 aliphatic carbocycles. The molecular weight excluding hydrogens is 282 g/mol. The third-order valence-corrected chi connectivity index (χ3v) is 3.59. The number of methoxy groups -OCH3 is 1. The first kappa shape index (κ1) is 15.5. The number of halogens is 1. The summed E-state index contributed by atoms with van der Waals surface area (Å²) < 4.78 is 5.44. The lowest BCUT2D eigenvalue weighted by Gasteiger charge is -2.12. The van der Waals surface area contributed by atoms with Crippen LogP contribution in [0.4, 0.5) is 0 Å². The number of aromatic amines is 1. The zero-order valence-corrected chi connectivity index (χ0v) is 13.6. The van der Waals surface area contributed by atoms with E-state index in [4.69, 9.17) is 16.3 Å². The summed E-state index contributed by atoms with van der Waals surface area (Å²) in [6, 6.07) is 12.1. The quantitative estimate of drug-likeness (QED) is 0.632. The monoisotopic (exact) mass is 301 g/mol. The van der Waals surface area contributed by atoms with Crippen molar-refractivity contribution in [1.82, 2.24) is 4.98 Å². The second-order valence-corrected chi connectivity index (χ2v) is 5.01. The number of hydrogen-bond donors (Lipinski definition) is 1. The van der Waals surface area contributed by atoms with Gasteiger partial charge < -0.3 is 9.72 Å². The molecule has 1 heterocycles. The Hall–Kier alpha value is -1.93. The molecule has 1 aromatic heterocycles. The summed E-state index contributed by atoms with van der Waals surface area (Å²) in [4.78, 5) is 3.22. The van der Waals surface area contributed by atoms with Crippen LogP contribution in [0.3, 0.4) is 0 Å². The SMILES string of the molecule is CC.COc1cc(Cl)ccc1-c1cc2cc[nH]c2cc1C. The molecule has 0 fully saturated rings. The lowest BCUT2D eigenvalue weighted by atomic mass is 9.98. The lowest BCUT2D eigenvalue weighted by Crippen LogP contribution is -1.90. The van der Waals surface area contributed by atoms with Crippen LogP contribution in [0.15, 0.2) is 42.6 Å². The summed E-state index contributed by atoms with van der Waals surface area (Å²) in [6.45, 7) is 6.10. The fourth-order valence-electron chi connectivity index (χ4n) is 2.39. The Morgan fingerprint density at radius 1 is 1.00 bits per heavy atom. The molecule has 0 saturated carbocycles. The average molecular weight is 302 g/mol. The van der Waals surface area contributed by atoms with Gasteiger partial charge in [-0.15, -0.1) is 0 Å². The van der Waals surface area contributed by atoms with Gasteiger partial charge >= 0.3 is 0 Å². The molecule has 0 unspecified atom stereocenters. The highest BCUT2D eigenvalue weighted by molar-refractivity contribution is 6.30. The summed E-state index contributed by atoms with van der Waals surface area (Å²) in [5.41, 5.74) is 4.58. The van der Waals surface area contributed by atoms with E-state index in [9.17, 15) is 0 Å². The van der Waals surface area contributed by atoms with Crippen LogP contribution in [0.5, 0.6) is 5.75 Å². The van der Waals surface area contributed by atoms with E-state index in [2.05, 4.69) is 30.1 Å². The first-order valence-corrected chi connectivity index (χ1v) is 7.48. The van der Waals surface area contributed by atoms with Gasteiger partial charge in [0.15, 0.2) is 0 Å². The van der Waals surface area contributed by atoms with Gasteiger partial charge in [0, 0.05) is 22.3 Å². The van der Waals surface area contributed by atoms with E-state index in [0.717, 1.165) is 16.8 Å². The van der Waals surface area contributed by atoms with Crippen LogP contribution in [0.25, 0.3) is 22.0 Å². The van der Waals surface area contributed by atoms with Crippen LogP contribution in [0, 0.1) is 6.92 Å². The van der Waals surface area contributed by atoms with Crippen LogP contribution in [0.2, 0.25) is 5.02 Å². The molecule has 3 aromatic rings. The number of H-pyrrole nitrogens is 1. The molecule has 0 bridgehead atoms. The standard InChI is InChI=1S/C16H14ClNO.C2H6/c1-10-7-15-11(5-6-18-15)8-14(10)13-4-3-12(17)9-16(13)19-2;1-2/h3-9,18H,1-2H3;1-2H3. The highest BCUT2D eigenvalue weighted by Crippen LogP contribution is 2.35. The largest absolute Gasteiger partial charge is 0.496 e. The van der Waals surface area contributed by atoms with Gasteiger partial charge in [0.2, 0.25) is 0 Å².